The van der Waals surface area contributed by atoms with Crippen LogP contribution >= 0.6 is 11.8 Å². The van der Waals surface area contributed by atoms with Crippen LogP contribution in [0.1, 0.15) is 16.9 Å². The number of fused-ring (bicyclic) bond motifs is 1. The maximum Gasteiger partial charge on any atom is 0.198 e. The molecule has 0 saturated carbocycles. The molecule has 1 aliphatic rings. The summed E-state index contributed by atoms with van der Waals surface area (Å²) in [6, 6.07) is 13.3. The Bertz CT molecular complexity index is 816. The Morgan fingerprint density at radius 2 is 1.96 bits per heavy atom. The smallest absolute Gasteiger partial charge is 0.198 e. The van der Waals surface area contributed by atoms with Crippen molar-refractivity contribution in [3.8, 4) is 0 Å². The van der Waals surface area contributed by atoms with E-state index < -0.39 is 0 Å². The average molecular weight is 340 g/mol. The van der Waals surface area contributed by atoms with Gasteiger partial charge in [-0.3, -0.25) is 4.90 Å². The molecule has 3 aromatic rings. The Hall–Kier alpha value is -2.05. The van der Waals surface area contributed by atoms with Gasteiger partial charge in [-0.1, -0.05) is 24.3 Å². The first-order valence-electron chi connectivity index (χ1n) is 8.06. The van der Waals surface area contributed by atoms with Gasteiger partial charge in [-0.05, 0) is 54.9 Å². The van der Waals surface area contributed by atoms with E-state index in [1.54, 1.807) is 6.33 Å². The van der Waals surface area contributed by atoms with Crippen LogP contribution in [0.5, 0.6) is 0 Å². The highest BCUT2D eigenvalue weighted by molar-refractivity contribution is 7.99. The summed E-state index contributed by atoms with van der Waals surface area (Å²) < 4.78 is 7.84. The molecule has 1 aliphatic carbocycles. The maximum atomic E-state index is 5.96. The van der Waals surface area contributed by atoms with Crippen LogP contribution in [0.2, 0.25) is 0 Å². The molecule has 0 fully saturated rings. The number of benzene rings is 1. The molecule has 0 amide bonds. The molecule has 6 heteroatoms. The lowest BCUT2D eigenvalue weighted by Gasteiger charge is -2.22. The molecule has 5 nitrogen and oxygen atoms in total. The molecule has 24 heavy (non-hydrogen) atoms. The van der Waals surface area contributed by atoms with Crippen molar-refractivity contribution in [2.75, 3.05) is 7.05 Å². The summed E-state index contributed by atoms with van der Waals surface area (Å²) in [5, 5.41) is 9.64. The number of nitrogens with zero attached hydrogens (tertiary/aromatic N) is 4. The van der Waals surface area contributed by atoms with Crippen molar-refractivity contribution in [3.05, 3.63) is 59.6 Å². The first kappa shape index (κ1) is 15.5. The van der Waals surface area contributed by atoms with E-state index in [0.717, 1.165) is 35.4 Å². The van der Waals surface area contributed by atoms with E-state index in [4.69, 9.17) is 4.42 Å². The zero-order valence-electron chi connectivity index (χ0n) is 13.8. The first-order valence-corrected chi connectivity index (χ1v) is 8.88. The highest BCUT2D eigenvalue weighted by Gasteiger charge is 2.24. The minimum atomic E-state index is 0.544. The Kier molecular flexibility index (Phi) is 4.16. The SMILES string of the molecule is CN(Cc1ccc(Sc2nncn2C)o1)C1Cc2ccccc2C1. The zero-order chi connectivity index (χ0) is 16.5. The first-order chi connectivity index (χ1) is 11.7. The summed E-state index contributed by atoms with van der Waals surface area (Å²) in [5.74, 6) is 0.984. The third-order valence-electron chi connectivity index (χ3n) is 4.56. The molecule has 0 spiro atoms. The average Bonchev–Trinajstić information content (AvgIpc) is 3.28. The monoisotopic (exact) mass is 340 g/mol. The minimum absolute atomic E-state index is 0.544. The molecule has 0 unspecified atom stereocenters. The van der Waals surface area contributed by atoms with Crippen molar-refractivity contribution in [1.82, 2.24) is 19.7 Å². The second kappa shape index (κ2) is 6.45. The van der Waals surface area contributed by atoms with Gasteiger partial charge in [-0.15, -0.1) is 10.2 Å². The van der Waals surface area contributed by atoms with Crippen molar-refractivity contribution in [3.63, 3.8) is 0 Å². The topological polar surface area (TPSA) is 47.1 Å². The number of aromatic nitrogens is 3. The highest BCUT2D eigenvalue weighted by atomic mass is 32.2. The standard InChI is InChI=1S/C18H20N4OS/c1-21(15-9-13-5-3-4-6-14(13)10-15)11-16-7-8-17(23-16)24-18-20-19-12-22(18)2/h3-8,12,15H,9-11H2,1-2H3. The number of furan rings is 1. The summed E-state index contributed by atoms with van der Waals surface area (Å²) in [6.07, 6.45) is 3.93. The van der Waals surface area contributed by atoms with Crippen molar-refractivity contribution in [1.29, 1.82) is 0 Å². The molecule has 0 saturated heterocycles. The molecule has 2 heterocycles. The van der Waals surface area contributed by atoms with E-state index in [1.807, 2.05) is 17.7 Å². The number of rotatable bonds is 5. The van der Waals surface area contributed by atoms with Crippen molar-refractivity contribution in [2.24, 2.45) is 7.05 Å². The van der Waals surface area contributed by atoms with Gasteiger partial charge >= 0.3 is 0 Å². The minimum Gasteiger partial charge on any atom is -0.453 e. The second-order valence-electron chi connectivity index (χ2n) is 6.29. The molecule has 2 aromatic heterocycles. The highest BCUT2D eigenvalue weighted by Crippen LogP contribution is 2.29. The fourth-order valence-corrected chi connectivity index (χ4v) is 3.92. The molecular weight excluding hydrogens is 320 g/mol. The summed E-state index contributed by atoms with van der Waals surface area (Å²) in [6.45, 7) is 0.817. The van der Waals surface area contributed by atoms with Crippen molar-refractivity contribution >= 4 is 11.8 Å². The van der Waals surface area contributed by atoms with Crippen molar-refractivity contribution in [2.45, 2.75) is 35.7 Å². The molecule has 4 rings (SSSR count). The van der Waals surface area contributed by atoms with Gasteiger partial charge in [0.2, 0.25) is 0 Å². The van der Waals surface area contributed by atoms with Crippen LogP contribution in [0, 0.1) is 0 Å². The third-order valence-corrected chi connectivity index (χ3v) is 5.53. The van der Waals surface area contributed by atoms with Gasteiger partial charge in [0.25, 0.3) is 0 Å². The predicted molar refractivity (Wildman–Crippen MR) is 92.9 cm³/mol. The van der Waals surface area contributed by atoms with Crippen LogP contribution in [-0.2, 0) is 26.4 Å². The van der Waals surface area contributed by atoms with Crippen molar-refractivity contribution < 1.29 is 4.42 Å². The zero-order valence-corrected chi connectivity index (χ0v) is 14.7. The number of aryl methyl sites for hydroxylation is 1. The fourth-order valence-electron chi connectivity index (χ4n) is 3.18. The number of hydrogen-bond acceptors (Lipinski definition) is 5. The Morgan fingerprint density at radius 1 is 1.21 bits per heavy atom. The van der Waals surface area contributed by atoms with Gasteiger partial charge in [0.15, 0.2) is 10.2 Å². The Morgan fingerprint density at radius 3 is 2.62 bits per heavy atom. The van der Waals surface area contributed by atoms with Crippen LogP contribution in [0.25, 0.3) is 0 Å². The molecule has 1 aromatic carbocycles. The predicted octanol–water partition coefficient (Wildman–Crippen LogP) is 3.16. The maximum absolute atomic E-state index is 5.96. The van der Waals surface area contributed by atoms with Crippen LogP contribution in [0.4, 0.5) is 0 Å². The molecule has 124 valence electrons. The lowest BCUT2D eigenvalue weighted by Crippen LogP contribution is -2.31. The van der Waals surface area contributed by atoms with E-state index in [9.17, 15) is 0 Å². The third kappa shape index (κ3) is 3.12. The van der Waals surface area contributed by atoms with Gasteiger partial charge < -0.3 is 8.98 Å². The van der Waals surface area contributed by atoms with Crippen LogP contribution < -0.4 is 0 Å². The molecule has 0 N–H and O–H groups in total. The largest absolute Gasteiger partial charge is 0.453 e. The van der Waals surface area contributed by atoms with Gasteiger partial charge in [-0.25, -0.2) is 0 Å². The quantitative estimate of drug-likeness (QED) is 0.714. The molecule has 0 radical (unpaired) electrons. The fraction of sp³-hybridized carbons (Fsp3) is 0.333. The summed E-state index contributed by atoms with van der Waals surface area (Å²) in [5.41, 5.74) is 2.96. The molecule has 0 atom stereocenters. The van der Waals surface area contributed by atoms with Gasteiger partial charge in [-0.2, -0.15) is 0 Å². The second-order valence-corrected chi connectivity index (χ2v) is 7.26. The van der Waals surface area contributed by atoms with Gasteiger partial charge in [0, 0.05) is 13.1 Å². The summed E-state index contributed by atoms with van der Waals surface area (Å²) in [7, 11) is 4.10. The normalized spacial score (nSPS) is 14.5. The van der Waals surface area contributed by atoms with Gasteiger partial charge in [0.1, 0.15) is 12.1 Å². The molecular formula is C18H20N4OS. The number of likely N-dealkylation sites (N-methyl/N-ethyl adjacent to an activating group) is 1. The van der Waals surface area contributed by atoms with E-state index in [2.05, 4.69) is 52.5 Å². The summed E-state index contributed by atoms with van der Waals surface area (Å²) >= 11 is 1.50. The van der Waals surface area contributed by atoms with E-state index in [-0.39, 0.29) is 0 Å². The van der Waals surface area contributed by atoms with Crippen LogP contribution in [-0.4, -0.2) is 32.8 Å². The van der Waals surface area contributed by atoms with Crippen LogP contribution in [0.15, 0.2) is 57.4 Å². The van der Waals surface area contributed by atoms with E-state index in [0.29, 0.717) is 6.04 Å². The lowest BCUT2D eigenvalue weighted by atomic mass is 10.1. The van der Waals surface area contributed by atoms with E-state index in [1.165, 1.54) is 22.9 Å². The lowest BCUT2D eigenvalue weighted by molar-refractivity contribution is 0.217. The molecule has 0 bridgehead atoms. The molecule has 0 aliphatic heterocycles. The Labute approximate surface area is 145 Å². The summed E-state index contributed by atoms with van der Waals surface area (Å²) in [4.78, 5) is 2.38. The Balaban J connectivity index is 1.39. The number of hydrogen-bond donors (Lipinski definition) is 0. The van der Waals surface area contributed by atoms with Gasteiger partial charge in [0.05, 0.1) is 6.54 Å². The van der Waals surface area contributed by atoms with E-state index >= 15 is 0 Å². The van der Waals surface area contributed by atoms with Crippen LogP contribution in [0.3, 0.4) is 0 Å².